The van der Waals surface area contributed by atoms with Crippen LogP contribution in [0.15, 0.2) is 24.3 Å². The van der Waals surface area contributed by atoms with Crippen molar-refractivity contribution in [2.24, 2.45) is 0 Å². The molecule has 0 saturated carbocycles. The second-order valence-electron chi connectivity index (χ2n) is 6.17. The number of benzene rings is 1. The molecule has 0 aliphatic rings. The molecular formula is C17H27NO3. The van der Waals surface area contributed by atoms with Gasteiger partial charge in [0.15, 0.2) is 0 Å². The van der Waals surface area contributed by atoms with Crippen molar-refractivity contribution < 1.29 is 14.6 Å². The first-order valence-corrected chi connectivity index (χ1v) is 7.36. The number of amides is 1. The number of aryl methyl sites for hydroxylation is 1. The fourth-order valence-corrected chi connectivity index (χ4v) is 2.22. The van der Waals surface area contributed by atoms with Gasteiger partial charge in [-0.05, 0) is 24.3 Å². The lowest BCUT2D eigenvalue weighted by molar-refractivity contribution is -0.122. The quantitative estimate of drug-likeness (QED) is 0.772. The van der Waals surface area contributed by atoms with E-state index in [1.54, 1.807) is 7.11 Å². The zero-order chi connectivity index (χ0) is 15.9. The number of carbonyl (C=O) groups excluding carboxylic acids is 1. The first kappa shape index (κ1) is 17.7. The molecule has 21 heavy (non-hydrogen) atoms. The van der Waals surface area contributed by atoms with Crippen LogP contribution in [0, 0.1) is 6.92 Å². The molecule has 4 nitrogen and oxygen atoms in total. The van der Waals surface area contributed by atoms with E-state index in [1.165, 1.54) is 5.56 Å². The Morgan fingerprint density at radius 3 is 2.52 bits per heavy atom. The average molecular weight is 293 g/mol. The molecular weight excluding hydrogens is 266 g/mol. The molecule has 0 heterocycles. The van der Waals surface area contributed by atoms with Crippen LogP contribution in [0.25, 0.3) is 0 Å². The highest BCUT2D eigenvalue weighted by Gasteiger charge is 2.24. The molecule has 4 heteroatoms. The SMILES string of the molecule is COCC(O)CCNC(=O)CC(C)(C)c1ccc(C)cc1. The van der Waals surface area contributed by atoms with Gasteiger partial charge in [-0.3, -0.25) is 4.79 Å². The topological polar surface area (TPSA) is 58.6 Å². The zero-order valence-electron chi connectivity index (χ0n) is 13.5. The minimum atomic E-state index is -0.527. The standard InChI is InChI=1S/C17H27NO3/c1-13-5-7-14(8-6-13)17(2,3)11-16(20)18-10-9-15(19)12-21-4/h5-8,15,19H,9-12H2,1-4H3,(H,18,20). The van der Waals surface area contributed by atoms with E-state index in [0.29, 0.717) is 26.0 Å². The Hall–Kier alpha value is -1.39. The van der Waals surface area contributed by atoms with Crippen molar-refractivity contribution in [3.8, 4) is 0 Å². The van der Waals surface area contributed by atoms with Crippen LogP contribution in [0.1, 0.15) is 37.8 Å². The lowest BCUT2D eigenvalue weighted by atomic mass is 9.81. The van der Waals surface area contributed by atoms with Crippen molar-refractivity contribution in [3.05, 3.63) is 35.4 Å². The number of carbonyl (C=O) groups is 1. The number of ether oxygens (including phenoxy) is 1. The van der Waals surface area contributed by atoms with Crippen LogP contribution < -0.4 is 5.32 Å². The monoisotopic (exact) mass is 293 g/mol. The first-order valence-electron chi connectivity index (χ1n) is 7.36. The molecule has 1 amide bonds. The number of rotatable bonds is 8. The zero-order valence-corrected chi connectivity index (χ0v) is 13.5. The van der Waals surface area contributed by atoms with Crippen LogP contribution in [-0.4, -0.2) is 37.4 Å². The van der Waals surface area contributed by atoms with Crippen LogP contribution in [0.4, 0.5) is 0 Å². The Labute approximate surface area is 127 Å². The molecule has 2 N–H and O–H groups in total. The van der Waals surface area contributed by atoms with E-state index in [1.807, 2.05) is 0 Å². The number of aliphatic hydroxyl groups excluding tert-OH is 1. The van der Waals surface area contributed by atoms with Crippen molar-refractivity contribution in [1.29, 1.82) is 0 Å². The normalized spacial score (nSPS) is 13.0. The Morgan fingerprint density at radius 2 is 1.95 bits per heavy atom. The minimum Gasteiger partial charge on any atom is -0.391 e. The van der Waals surface area contributed by atoms with E-state index in [4.69, 9.17) is 4.74 Å². The summed E-state index contributed by atoms with van der Waals surface area (Å²) in [6.07, 6.45) is 0.404. The molecule has 1 rings (SSSR count). The Morgan fingerprint density at radius 1 is 1.33 bits per heavy atom. The molecule has 0 radical (unpaired) electrons. The van der Waals surface area contributed by atoms with E-state index in [-0.39, 0.29) is 11.3 Å². The molecule has 1 unspecified atom stereocenters. The van der Waals surface area contributed by atoms with Crippen LogP contribution in [0.3, 0.4) is 0 Å². The predicted octanol–water partition coefficient (Wildman–Crippen LogP) is 2.18. The van der Waals surface area contributed by atoms with Crippen LogP contribution in [0.2, 0.25) is 0 Å². The molecule has 0 saturated heterocycles. The fraction of sp³-hybridized carbons (Fsp3) is 0.588. The van der Waals surface area contributed by atoms with Gasteiger partial charge < -0.3 is 15.2 Å². The van der Waals surface area contributed by atoms with Gasteiger partial charge in [-0.1, -0.05) is 43.7 Å². The Balaban J connectivity index is 2.44. The van der Waals surface area contributed by atoms with Gasteiger partial charge in [0.05, 0.1) is 12.7 Å². The molecule has 1 atom stereocenters. The summed E-state index contributed by atoms with van der Waals surface area (Å²) in [5.74, 6) is 0.00481. The summed E-state index contributed by atoms with van der Waals surface area (Å²) < 4.78 is 4.85. The third-order valence-electron chi connectivity index (χ3n) is 3.59. The van der Waals surface area contributed by atoms with Gasteiger partial charge in [0.25, 0.3) is 0 Å². The third-order valence-corrected chi connectivity index (χ3v) is 3.59. The van der Waals surface area contributed by atoms with E-state index >= 15 is 0 Å². The minimum absolute atomic E-state index is 0.00481. The highest BCUT2D eigenvalue weighted by atomic mass is 16.5. The molecule has 1 aromatic carbocycles. The number of nitrogens with one attached hydrogen (secondary N) is 1. The highest BCUT2D eigenvalue weighted by molar-refractivity contribution is 5.77. The van der Waals surface area contributed by atoms with Crippen molar-refractivity contribution >= 4 is 5.91 Å². The van der Waals surface area contributed by atoms with Crippen LogP contribution >= 0.6 is 0 Å². The summed E-state index contributed by atoms with van der Waals surface area (Å²) in [5, 5.41) is 12.4. The fourth-order valence-electron chi connectivity index (χ4n) is 2.22. The number of aliphatic hydroxyl groups is 1. The van der Waals surface area contributed by atoms with Crippen molar-refractivity contribution in [2.75, 3.05) is 20.3 Å². The molecule has 0 spiro atoms. The van der Waals surface area contributed by atoms with Gasteiger partial charge in [0, 0.05) is 20.1 Å². The summed E-state index contributed by atoms with van der Waals surface area (Å²) >= 11 is 0. The van der Waals surface area contributed by atoms with Gasteiger partial charge in [-0.2, -0.15) is 0 Å². The smallest absolute Gasteiger partial charge is 0.220 e. The molecule has 0 bridgehead atoms. The molecule has 0 aromatic heterocycles. The molecule has 1 aromatic rings. The summed E-state index contributed by atoms with van der Waals surface area (Å²) in [7, 11) is 1.55. The molecule has 118 valence electrons. The van der Waals surface area contributed by atoms with Crippen LogP contribution in [-0.2, 0) is 14.9 Å². The number of hydrogen-bond donors (Lipinski definition) is 2. The number of hydrogen-bond acceptors (Lipinski definition) is 3. The maximum atomic E-state index is 12.0. The van der Waals surface area contributed by atoms with Gasteiger partial charge in [-0.25, -0.2) is 0 Å². The van der Waals surface area contributed by atoms with E-state index in [9.17, 15) is 9.90 Å². The molecule has 0 aliphatic heterocycles. The van der Waals surface area contributed by atoms with Gasteiger partial charge in [0.1, 0.15) is 0 Å². The summed E-state index contributed by atoms with van der Waals surface area (Å²) in [4.78, 5) is 12.0. The average Bonchev–Trinajstić information content (AvgIpc) is 2.38. The summed E-state index contributed by atoms with van der Waals surface area (Å²) in [6.45, 7) is 6.95. The van der Waals surface area contributed by atoms with Gasteiger partial charge >= 0.3 is 0 Å². The van der Waals surface area contributed by atoms with Gasteiger partial charge in [-0.15, -0.1) is 0 Å². The lowest BCUT2D eigenvalue weighted by Crippen LogP contribution is -2.33. The largest absolute Gasteiger partial charge is 0.391 e. The Kier molecular flexibility index (Phi) is 6.85. The maximum Gasteiger partial charge on any atom is 0.220 e. The van der Waals surface area contributed by atoms with E-state index in [0.717, 1.165) is 5.56 Å². The second kappa shape index (κ2) is 8.15. The van der Waals surface area contributed by atoms with E-state index < -0.39 is 6.10 Å². The first-order chi connectivity index (χ1) is 9.85. The van der Waals surface area contributed by atoms with Gasteiger partial charge in [0.2, 0.25) is 5.91 Å². The Bertz CT molecular complexity index is 440. The second-order valence-corrected chi connectivity index (χ2v) is 6.17. The maximum absolute atomic E-state index is 12.0. The van der Waals surface area contributed by atoms with Crippen LogP contribution in [0.5, 0.6) is 0 Å². The lowest BCUT2D eigenvalue weighted by Gasteiger charge is -2.25. The molecule has 0 fully saturated rings. The van der Waals surface area contributed by atoms with E-state index in [2.05, 4.69) is 50.4 Å². The predicted molar refractivity (Wildman–Crippen MR) is 84.3 cm³/mol. The van der Waals surface area contributed by atoms with Crippen molar-refractivity contribution in [1.82, 2.24) is 5.32 Å². The van der Waals surface area contributed by atoms with Crippen molar-refractivity contribution in [2.45, 2.75) is 45.1 Å². The van der Waals surface area contributed by atoms with Crippen molar-refractivity contribution in [3.63, 3.8) is 0 Å². The number of methoxy groups -OCH3 is 1. The molecule has 0 aliphatic carbocycles. The summed E-state index contributed by atoms with van der Waals surface area (Å²) in [5.41, 5.74) is 2.16. The summed E-state index contributed by atoms with van der Waals surface area (Å²) in [6, 6.07) is 8.28. The highest BCUT2D eigenvalue weighted by Crippen LogP contribution is 2.27. The third kappa shape index (κ3) is 6.27.